The van der Waals surface area contributed by atoms with Crippen LogP contribution in [0.25, 0.3) is 0 Å². The Labute approximate surface area is 133 Å². The molecule has 0 unspecified atom stereocenters. The predicted octanol–water partition coefficient (Wildman–Crippen LogP) is 4.25. The molecule has 0 atom stereocenters. The zero-order valence-electron chi connectivity index (χ0n) is 12.0. The second-order valence-corrected chi connectivity index (χ2v) is 6.86. The summed E-state index contributed by atoms with van der Waals surface area (Å²) in [6.45, 7) is 6.07. The Kier molecular flexibility index (Phi) is 6.23. The van der Waals surface area contributed by atoms with Crippen molar-refractivity contribution < 1.29 is 0 Å². The van der Waals surface area contributed by atoms with Crippen molar-refractivity contribution in [2.45, 2.75) is 26.6 Å². The molecular formula is C16H21BrN2S. The van der Waals surface area contributed by atoms with Crippen molar-refractivity contribution in [3.8, 4) is 0 Å². The second-order valence-electron chi connectivity index (χ2n) is 4.95. The molecule has 2 aromatic rings. The van der Waals surface area contributed by atoms with Gasteiger partial charge in [0.25, 0.3) is 0 Å². The molecule has 0 aliphatic heterocycles. The third-order valence-corrected chi connectivity index (χ3v) is 4.85. The highest BCUT2D eigenvalue weighted by molar-refractivity contribution is 9.10. The lowest BCUT2D eigenvalue weighted by Crippen LogP contribution is -2.19. The maximum absolute atomic E-state index is 3.51. The first-order chi connectivity index (χ1) is 9.69. The van der Waals surface area contributed by atoms with Crippen LogP contribution >= 0.6 is 27.3 Å². The van der Waals surface area contributed by atoms with Gasteiger partial charge in [0.2, 0.25) is 0 Å². The summed E-state index contributed by atoms with van der Waals surface area (Å²) in [4.78, 5) is 3.76. The monoisotopic (exact) mass is 352 g/mol. The molecule has 2 rings (SSSR count). The van der Waals surface area contributed by atoms with E-state index >= 15 is 0 Å². The molecule has 0 saturated heterocycles. The number of halogens is 1. The maximum atomic E-state index is 3.51. The van der Waals surface area contributed by atoms with Crippen LogP contribution in [0.3, 0.4) is 0 Å². The van der Waals surface area contributed by atoms with Crippen LogP contribution in [0.4, 0.5) is 0 Å². The van der Waals surface area contributed by atoms with Crippen LogP contribution in [0.5, 0.6) is 0 Å². The number of hydrogen-bond donors (Lipinski definition) is 1. The van der Waals surface area contributed by atoms with E-state index in [0.717, 1.165) is 26.2 Å². The summed E-state index contributed by atoms with van der Waals surface area (Å²) >= 11 is 5.32. The van der Waals surface area contributed by atoms with E-state index in [9.17, 15) is 0 Å². The minimum Gasteiger partial charge on any atom is -0.313 e. The molecule has 108 valence electrons. The van der Waals surface area contributed by atoms with Gasteiger partial charge in [-0.1, -0.05) is 31.2 Å². The Balaban J connectivity index is 1.98. The Morgan fingerprint density at radius 1 is 1.20 bits per heavy atom. The SMILES string of the molecule is CCNCc1ccccc1CN(C)Cc1cc(Br)cs1. The Morgan fingerprint density at radius 2 is 1.95 bits per heavy atom. The van der Waals surface area contributed by atoms with Crippen LogP contribution in [0.15, 0.2) is 40.2 Å². The van der Waals surface area contributed by atoms with Crippen LogP contribution in [0.2, 0.25) is 0 Å². The summed E-state index contributed by atoms with van der Waals surface area (Å²) < 4.78 is 1.18. The molecule has 0 saturated carbocycles. The van der Waals surface area contributed by atoms with Gasteiger partial charge in [-0.2, -0.15) is 0 Å². The summed E-state index contributed by atoms with van der Waals surface area (Å²) in [5.74, 6) is 0. The van der Waals surface area contributed by atoms with Gasteiger partial charge in [-0.15, -0.1) is 11.3 Å². The highest BCUT2D eigenvalue weighted by Gasteiger charge is 2.07. The van der Waals surface area contributed by atoms with Gasteiger partial charge in [-0.25, -0.2) is 0 Å². The van der Waals surface area contributed by atoms with E-state index in [2.05, 4.69) is 75.8 Å². The zero-order valence-corrected chi connectivity index (χ0v) is 14.4. The van der Waals surface area contributed by atoms with E-state index in [1.54, 1.807) is 11.3 Å². The fourth-order valence-corrected chi connectivity index (χ4v) is 3.72. The standard InChI is InChI=1S/C16H21BrN2S/c1-3-18-9-13-6-4-5-7-14(13)10-19(2)11-16-8-15(17)12-20-16/h4-8,12,18H,3,9-11H2,1-2H3. The van der Waals surface area contributed by atoms with Crippen molar-refractivity contribution >= 4 is 27.3 Å². The molecule has 0 fully saturated rings. The van der Waals surface area contributed by atoms with E-state index in [1.807, 2.05) is 0 Å². The minimum atomic E-state index is 0.949. The van der Waals surface area contributed by atoms with Gasteiger partial charge < -0.3 is 5.32 Å². The third kappa shape index (κ3) is 4.70. The van der Waals surface area contributed by atoms with Crippen LogP contribution in [-0.2, 0) is 19.6 Å². The first kappa shape index (κ1) is 15.7. The lowest BCUT2D eigenvalue weighted by molar-refractivity contribution is 0.320. The summed E-state index contributed by atoms with van der Waals surface area (Å²) in [7, 11) is 2.18. The highest BCUT2D eigenvalue weighted by Crippen LogP contribution is 2.21. The van der Waals surface area contributed by atoms with Gasteiger partial charge in [0.1, 0.15) is 0 Å². The molecule has 0 bridgehead atoms. The maximum Gasteiger partial charge on any atom is 0.0328 e. The molecule has 4 heteroatoms. The van der Waals surface area contributed by atoms with E-state index in [1.165, 1.54) is 20.5 Å². The zero-order chi connectivity index (χ0) is 14.4. The molecule has 0 aliphatic rings. The quantitative estimate of drug-likeness (QED) is 0.801. The second kappa shape index (κ2) is 7.93. The lowest BCUT2D eigenvalue weighted by Gasteiger charge is -2.18. The molecular weight excluding hydrogens is 332 g/mol. The summed E-state index contributed by atoms with van der Waals surface area (Å²) in [5, 5.41) is 5.55. The van der Waals surface area contributed by atoms with Gasteiger partial charge in [0, 0.05) is 34.4 Å². The molecule has 20 heavy (non-hydrogen) atoms. The van der Waals surface area contributed by atoms with Crippen LogP contribution in [0, 0.1) is 0 Å². The normalized spacial score (nSPS) is 11.2. The summed E-state index contributed by atoms with van der Waals surface area (Å²) in [6, 6.07) is 10.9. The average molecular weight is 353 g/mol. The number of hydrogen-bond acceptors (Lipinski definition) is 3. The number of nitrogens with one attached hydrogen (secondary N) is 1. The fraction of sp³-hybridized carbons (Fsp3) is 0.375. The molecule has 0 aliphatic carbocycles. The van der Waals surface area contributed by atoms with Crippen molar-refractivity contribution in [3.63, 3.8) is 0 Å². The highest BCUT2D eigenvalue weighted by atomic mass is 79.9. The van der Waals surface area contributed by atoms with Crippen molar-refractivity contribution in [2.24, 2.45) is 0 Å². The Bertz CT molecular complexity index is 539. The first-order valence-corrected chi connectivity index (χ1v) is 8.55. The largest absolute Gasteiger partial charge is 0.313 e. The van der Waals surface area contributed by atoms with E-state index in [4.69, 9.17) is 0 Å². The topological polar surface area (TPSA) is 15.3 Å². The van der Waals surface area contributed by atoms with Crippen LogP contribution < -0.4 is 5.32 Å². The van der Waals surface area contributed by atoms with Gasteiger partial charge in [-0.05, 0) is 46.7 Å². The smallest absolute Gasteiger partial charge is 0.0328 e. The van der Waals surface area contributed by atoms with Gasteiger partial charge >= 0.3 is 0 Å². The summed E-state index contributed by atoms with van der Waals surface area (Å²) in [5.41, 5.74) is 2.81. The van der Waals surface area contributed by atoms with Gasteiger partial charge in [0.15, 0.2) is 0 Å². The van der Waals surface area contributed by atoms with E-state index in [-0.39, 0.29) is 0 Å². The number of nitrogens with zero attached hydrogens (tertiary/aromatic N) is 1. The van der Waals surface area contributed by atoms with E-state index in [0.29, 0.717) is 0 Å². The summed E-state index contributed by atoms with van der Waals surface area (Å²) in [6.07, 6.45) is 0. The molecule has 2 nitrogen and oxygen atoms in total. The molecule has 1 heterocycles. The van der Waals surface area contributed by atoms with Gasteiger partial charge in [0.05, 0.1) is 0 Å². The molecule has 0 spiro atoms. The van der Waals surface area contributed by atoms with Gasteiger partial charge in [-0.3, -0.25) is 4.90 Å². The van der Waals surface area contributed by atoms with Crippen molar-refractivity contribution in [1.29, 1.82) is 0 Å². The van der Waals surface area contributed by atoms with Crippen molar-refractivity contribution in [2.75, 3.05) is 13.6 Å². The average Bonchev–Trinajstić information content (AvgIpc) is 2.83. The predicted molar refractivity (Wildman–Crippen MR) is 91.0 cm³/mol. The van der Waals surface area contributed by atoms with E-state index < -0.39 is 0 Å². The van der Waals surface area contributed by atoms with Crippen LogP contribution in [0.1, 0.15) is 22.9 Å². The number of thiophene rings is 1. The van der Waals surface area contributed by atoms with Crippen molar-refractivity contribution in [1.82, 2.24) is 10.2 Å². The van der Waals surface area contributed by atoms with Crippen LogP contribution in [-0.4, -0.2) is 18.5 Å². The number of rotatable bonds is 7. The molecule has 1 N–H and O–H groups in total. The first-order valence-electron chi connectivity index (χ1n) is 6.88. The number of benzene rings is 1. The molecule has 1 aromatic carbocycles. The lowest BCUT2D eigenvalue weighted by atomic mass is 10.1. The Morgan fingerprint density at radius 3 is 2.60 bits per heavy atom. The molecule has 1 aromatic heterocycles. The minimum absolute atomic E-state index is 0.949. The molecule has 0 amide bonds. The van der Waals surface area contributed by atoms with Crippen molar-refractivity contribution in [3.05, 3.63) is 56.2 Å². The Hall–Kier alpha value is -0.680. The third-order valence-electron chi connectivity index (χ3n) is 3.17. The fourth-order valence-electron chi connectivity index (χ4n) is 2.19. The molecule has 0 radical (unpaired) electrons.